The Labute approximate surface area is 133 Å². The van der Waals surface area contributed by atoms with Gasteiger partial charge in [0, 0.05) is 6.54 Å². The molecule has 0 aliphatic heterocycles. The van der Waals surface area contributed by atoms with Crippen LogP contribution in [0.15, 0.2) is 59.5 Å². The van der Waals surface area contributed by atoms with E-state index in [0.29, 0.717) is 5.56 Å². The number of nitrogens with zero attached hydrogens (tertiary/aromatic N) is 1. The van der Waals surface area contributed by atoms with Crippen molar-refractivity contribution < 1.29 is 17.6 Å². The second-order valence-electron chi connectivity index (χ2n) is 4.78. The molecule has 122 valence electrons. The van der Waals surface area contributed by atoms with Gasteiger partial charge in [-0.05, 0) is 29.8 Å². The average molecular weight is 337 g/mol. The van der Waals surface area contributed by atoms with E-state index in [1.807, 2.05) is 5.43 Å². The molecule has 0 spiro atoms. The van der Waals surface area contributed by atoms with Crippen LogP contribution in [0.3, 0.4) is 0 Å². The Kier molecular flexibility index (Phi) is 5.43. The molecule has 0 radical (unpaired) electrons. The van der Waals surface area contributed by atoms with Crippen molar-refractivity contribution in [2.24, 2.45) is 5.84 Å². The molecule has 0 saturated heterocycles. The Morgan fingerprint density at radius 3 is 2.26 bits per heavy atom. The minimum Gasteiger partial charge on any atom is -0.293 e. The predicted octanol–water partition coefficient (Wildman–Crippen LogP) is 1.01. The van der Waals surface area contributed by atoms with Gasteiger partial charge in [0.25, 0.3) is 0 Å². The Morgan fingerprint density at radius 2 is 1.70 bits per heavy atom. The topological polar surface area (TPSA) is 92.5 Å². The third kappa shape index (κ3) is 4.35. The van der Waals surface area contributed by atoms with E-state index in [4.69, 9.17) is 5.84 Å². The molecule has 23 heavy (non-hydrogen) atoms. The Morgan fingerprint density at radius 1 is 1.09 bits per heavy atom. The first-order chi connectivity index (χ1) is 10.9. The van der Waals surface area contributed by atoms with Gasteiger partial charge in [0.05, 0.1) is 11.4 Å². The van der Waals surface area contributed by atoms with E-state index in [-0.39, 0.29) is 11.4 Å². The fourth-order valence-electron chi connectivity index (χ4n) is 1.97. The lowest BCUT2D eigenvalue weighted by atomic mass is 10.2. The van der Waals surface area contributed by atoms with Crippen LogP contribution >= 0.6 is 0 Å². The molecule has 2 rings (SSSR count). The average Bonchev–Trinajstić information content (AvgIpc) is 2.55. The molecule has 6 nitrogen and oxygen atoms in total. The number of nitrogens with one attached hydrogen (secondary N) is 1. The van der Waals surface area contributed by atoms with Crippen LogP contribution in [0.2, 0.25) is 0 Å². The molecule has 0 saturated carbocycles. The first kappa shape index (κ1) is 17.1. The van der Waals surface area contributed by atoms with Gasteiger partial charge in [-0.3, -0.25) is 10.2 Å². The first-order valence-electron chi connectivity index (χ1n) is 6.72. The molecule has 0 aromatic heterocycles. The second-order valence-corrected chi connectivity index (χ2v) is 6.72. The summed E-state index contributed by atoms with van der Waals surface area (Å²) in [5, 5.41) is 0. The van der Waals surface area contributed by atoms with Crippen LogP contribution in [0.1, 0.15) is 5.56 Å². The van der Waals surface area contributed by atoms with E-state index in [1.54, 1.807) is 30.3 Å². The maximum atomic E-state index is 13.0. The number of hydrazine groups is 1. The summed E-state index contributed by atoms with van der Waals surface area (Å²) < 4.78 is 39.3. The van der Waals surface area contributed by atoms with Gasteiger partial charge in [-0.2, -0.15) is 4.31 Å². The van der Waals surface area contributed by atoms with Crippen molar-refractivity contribution in [2.75, 3.05) is 6.54 Å². The van der Waals surface area contributed by atoms with Crippen molar-refractivity contribution in [3.63, 3.8) is 0 Å². The highest BCUT2D eigenvalue weighted by Crippen LogP contribution is 2.18. The summed E-state index contributed by atoms with van der Waals surface area (Å²) in [6.07, 6.45) is 0. The number of amides is 1. The number of sulfonamides is 1. The molecular formula is C15H16FN3O3S. The van der Waals surface area contributed by atoms with E-state index in [0.717, 1.165) is 28.6 Å². The summed E-state index contributed by atoms with van der Waals surface area (Å²) in [5.74, 6) is 3.86. The molecule has 0 bridgehead atoms. The molecule has 2 aromatic carbocycles. The minimum atomic E-state index is -3.97. The van der Waals surface area contributed by atoms with Gasteiger partial charge < -0.3 is 0 Å². The number of rotatable bonds is 6. The minimum absolute atomic E-state index is 0.00598. The lowest BCUT2D eigenvalue weighted by molar-refractivity contribution is -0.121. The maximum absolute atomic E-state index is 13.0. The number of benzene rings is 2. The number of hydrogen-bond acceptors (Lipinski definition) is 4. The van der Waals surface area contributed by atoms with Gasteiger partial charge >= 0.3 is 0 Å². The zero-order valence-corrected chi connectivity index (χ0v) is 13.0. The SMILES string of the molecule is NNC(=O)CN(Cc1ccccc1)S(=O)(=O)c1ccc(F)cc1. The summed E-state index contributed by atoms with van der Waals surface area (Å²) in [7, 11) is -3.97. The van der Waals surface area contributed by atoms with E-state index in [2.05, 4.69) is 0 Å². The van der Waals surface area contributed by atoms with E-state index >= 15 is 0 Å². The molecule has 2 aromatic rings. The Bertz CT molecular complexity index is 764. The highest BCUT2D eigenvalue weighted by atomic mass is 32.2. The van der Waals surface area contributed by atoms with Crippen LogP contribution in [-0.4, -0.2) is 25.2 Å². The fourth-order valence-corrected chi connectivity index (χ4v) is 3.36. The lowest BCUT2D eigenvalue weighted by Crippen LogP contribution is -2.42. The summed E-state index contributed by atoms with van der Waals surface area (Å²) in [6.45, 7) is -0.445. The summed E-state index contributed by atoms with van der Waals surface area (Å²) in [4.78, 5) is 11.4. The van der Waals surface area contributed by atoms with Crippen molar-refractivity contribution in [3.8, 4) is 0 Å². The fraction of sp³-hybridized carbons (Fsp3) is 0.133. The Balaban J connectivity index is 2.35. The number of halogens is 1. The summed E-state index contributed by atoms with van der Waals surface area (Å²) >= 11 is 0. The van der Waals surface area contributed by atoms with Crippen LogP contribution in [0, 0.1) is 5.82 Å². The third-order valence-corrected chi connectivity index (χ3v) is 4.94. The van der Waals surface area contributed by atoms with Gasteiger partial charge in [0.2, 0.25) is 15.9 Å². The smallest absolute Gasteiger partial charge is 0.249 e. The zero-order chi connectivity index (χ0) is 16.9. The third-order valence-electron chi connectivity index (χ3n) is 3.13. The standard InChI is InChI=1S/C15H16FN3O3S/c16-13-6-8-14(9-7-13)23(21,22)19(11-15(20)18-17)10-12-4-2-1-3-5-12/h1-9H,10-11,17H2,(H,18,20). The highest BCUT2D eigenvalue weighted by Gasteiger charge is 2.26. The molecule has 0 atom stereocenters. The number of carbonyl (C=O) groups excluding carboxylic acids is 1. The van der Waals surface area contributed by atoms with Crippen LogP contribution in [-0.2, 0) is 21.4 Å². The summed E-state index contributed by atoms with van der Waals surface area (Å²) in [5.41, 5.74) is 2.62. The Hall–Kier alpha value is -2.29. The zero-order valence-electron chi connectivity index (χ0n) is 12.1. The van der Waals surface area contributed by atoms with Gasteiger partial charge in [-0.1, -0.05) is 30.3 Å². The summed E-state index contributed by atoms with van der Waals surface area (Å²) in [6, 6.07) is 13.2. The van der Waals surface area contributed by atoms with Crippen molar-refractivity contribution >= 4 is 15.9 Å². The van der Waals surface area contributed by atoms with Crippen molar-refractivity contribution in [1.82, 2.24) is 9.73 Å². The van der Waals surface area contributed by atoms with Crippen molar-refractivity contribution in [3.05, 3.63) is 66.0 Å². The molecule has 0 unspecified atom stereocenters. The molecule has 3 N–H and O–H groups in total. The van der Waals surface area contributed by atoms with E-state index < -0.39 is 28.3 Å². The van der Waals surface area contributed by atoms with E-state index in [9.17, 15) is 17.6 Å². The van der Waals surface area contributed by atoms with Gasteiger partial charge in [-0.15, -0.1) is 0 Å². The van der Waals surface area contributed by atoms with Gasteiger partial charge in [-0.25, -0.2) is 18.7 Å². The monoisotopic (exact) mass is 337 g/mol. The first-order valence-corrected chi connectivity index (χ1v) is 8.16. The predicted molar refractivity (Wildman–Crippen MR) is 82.8 cm³/mol. The molecule has 0 fully saturated rings. The molecule has 0 aliphatic carbocycles. The maximum Gasteiger partial charge on any atom is 0.249 e. The van der Waals surface area contributed by atoms with Gasteiger partial charge in [0.15, 0.2) is 0 Å². The molecule has 0 heterocycles. The van der Waals surface area contributed by atoms with Crippen LogP contribution in [0.5, 0.6) is 0 Å². The molecule has 8 heteroatoms. The second kappa shape index (κ2) is 7.32. The van der Waals surface area contributed by atoms with Crippen LogP contribution in [0.25, 0.3) is 0 Å². The molecule has 1 amide bonds. The van der Waals surface area contributed by atoms with Crippen molar-refractivity contribution in [2.45, 2.75) is 11.4 Å². The molecular weight excluding hydrogens is 321 g/mol. The number of carbonyl (C=O) groups is 1. The largest absolute Gasteiger partial charge is 0.293 e. The van der Waals surface area contributed by atoms with E-state index in [1.165, 1.54) is 0 Å². The molecule has 0 aliphatic rings. The quantitative estimate of drug-likeness (QED) is 0.467. The number of nitrogens with two attached hydrogens (primary N) is 1. The van der Waals surface area contributed by atoms with Crippen molar-refractivity contribution in [1.29, 1.82) is 0 Å². The van der Waals surface area contributed by atoms with Crippen LogP contribution < -0.4 is 11.3 Å². The lowest BCUT2D eigenvalue weighted by Gasteiger charge is -2.21. The number of hydrogen-bond donors (Lipinski definition) is 2. The normalized spacial score (nSPS) is 11.4. The highest BCUT2D eigenvalue weighted by molar-refractivity contribution is 7.89. The van der Waals surface area contributed by atoms with Crippen LogP contribution in [0.4, 0.5) is 4.39 Å². The van der Waals surface area contributed by atoms with Gasteiger partial charge in [0.1, 0.15) is 5.82 Å².